The van der Waals surface area contributed by atoms with Crippen molar-refractivity contribution in [2.45, 2.75) is 13.0 Å². The van der Waals surface area contributed by atoms with Gasteiger partial charge in [0.25, 0.3) is 5.17 Å². The van der Waals surface area contributed by atoms with E-state index in [1.807, 2.05) is 0 Å². The molecule has 0 aromatic heterocycles. The molecular weight excluding hydrogens is 429 g/mol. The Morgan fingerprint density at radius 3 is 2.87 bits per heavy atom. The zero-order valence-corrected chi connectivity index (χ0v) is 18.1. The van der Waals surface area contributed by atoms with E-state index in [1.165, 1.54) is 24.4 Å². The molecule has 12 heteroatoms. The molecule has 168 valence electrons. The van der Waals surface area contributed by atoms with Gasteiger partial charge in [-0.15, -0.1) is 0 Å². The molecule has 31 heavy (non-hydrogen) atoms. The molecule has 1 aromatic carbocycles. The van der Waals surface area contributed by atoms with Crippen molar-refractivity contribution in [1.29, 1.82) is 0 Å². The highest BCUT2D eigenvalue weighted by Crippen LogP contribution is 2.28. The van der Waals surface area contributed by atoms with Crippen molar-refractivity contribution in [3.05, 3.63) is 24.0 Å². The third-order valence-electron chi connectivity index (χ3n) is 4.66. The average Bonchev–Trinajstić information content (AvgIpc) is 3.13. The highest BCUT2D eigenvalue weighted by Gasteiger charge is 2.33. The first kappa shape index (κ1) is 22.5. The molecule has 3 rings (SSSR count). The van der Waals surface area contributed by atoms with Gasteiger partial charge in [-0.1, -0.05) is 0 Å². The van der Waals surface area contributed by atoms with E-state index < -0.39 is 18.0 Å². The second kappa shape index (κ2) is 10.2. The van der Waals surface area contributed by atoms with E-state index in [4.69, 9.17) is 26.4 Å². The first-order valence-corrected chi connectivity index (χ1v) is 10.1. The fraction of sp³-hybridized carbons (Fsp3) is 0.474. The molecule has 1 N–H and O–H groups in total. The summed E-state index contributed by atoms with van der Waals surface area (Å²) >= 11 is 4.90. The topological polar surface area (TPSA) is 95.9 Å². The number of halogens is 1. The van der Waals surface area contributed by atoms with E-state index in [-0.39, 0.29) is 24.2 Å². The minimum Gasteiger partial charge on any atom is -0.474 e. The molecule has 1 unspecified atom stereocenters. The van der Waals surface area contributed by atoms with Gasteiger partial charge in [0.15, 0.2) is 0 Å². The van der Waals surface area contributed by atoms with Gasteiger partial charge in [0.1, 0.15) is 24.8 Å². The Bertz CT molecular complexity index is 870. The number of benzene rings is 1. The Balaban J connectivity index is 1.61. The number of anilines is 2. The van der Waals surface area contributed by atoms with Crippen LogP contribution in [0.15, 0.2) is 23.3 Å². The molecule has 0 aliphatic carbocycles. The summed E-state index contributed by atoms with van der Waals surface area (Å²) in [6, 6.07) is 4.51. The largest absolute Gasteiger partial charge is 0.474 e. The Hall–Kier alpha value is -3.15. The minimum absolute atomic E-state index is 0.0435. The number of amides is 1. The zero-order valence-electron chi connectivity index (χ0n) is 17.2. The van der Waals surface area contributed by atoms with Gasteiger partial charge in [0, 0.05) is 6.54 Å². The SMILES string of the molecule is CCOC(=O)CN1CCN(c2ccc(N3CC(CNC(=S)OC)OC3=O)cc2F)C=N1. The Labute approximate surface area is 184 Å². The van der Waals surface area contributed by atoms with Crippen LogP contribution in [0.2, 0.25) is 0 Å². The number of thiocarbonyl (C=S) groups is 1. The number of esters is 1. The number of hydrazone groups is 1. The summed E-state index contributed by atoms with van der Waals surface area (Å²) in [5, 5.41) is 8.76. The molecule has 2 aliphatic rings. The Morgan fingerprint density at radius 1 is 1.42 bits per heavy atom. The molecule has 1 amide bonds. The van der Waals surface area contributed by atoms with Crippen LogP contribution < -0.4 is 15.1 Å². The third kappa shape index (κ3) is 5.72. The molecule has 0 bridgehead atoms. The molecule has 1 aromatic rings. The summed E-state index contributed by atoms with van der Waals surface area (Å²) in [5.74, 6) is -0.864. The molecule has 2 aliphatic heterocycles. The van der Waals surface area contributed by atoms with Crippen LogP contribution in [0.4, 0.5) is 20.6 Å². The average molecular weight is 453 g/mol. The van der Waals surface area contributed by atoms with Crippen LogP contribution in [0.3, 0.4) is 0 Å². The number of nitrogens with one attached hydrogen (secondary N) is 1. The van der Waals surface area contributed by atoms with Crippen molar-refractivity contribution < 1.29 is 28.2 Å². The summed E-state index contributed by atoms with van der Waals surface area (Å²) in [6.07, 6.45) is 0.463. The molecule has 10 nitrogen and oxygen atoms in total. The van der Waals surface area contributed by atoms with Gasteiger partial charge in [0.05, 0.1) is 44.7 Å². The van der Waals surface area contributed by atoms with E-state index in [9.17, 15) is 14.0 Å². The molecule has 1 atom stereocenters. The zero-order chi connectivity index (χ0) is 22.4. The number of ether oxygens (including phenoxy) is 3. The second-order valence-corrected chi connectivity index (χ2v) is 7.11. The summed E-state index contributed by atoms with van der Waals surface area (Å²) in [4.78, 5) is 26.7. The van der Waals surface area contributed by atoms with Crippen LogP contribution in [0.1, 0.15) is 6.92 Å². The molecule has 0 saturated carbocycles. The van der Waals surface area contributed by atoms with Crippen molar-refractivity contribution in [2.75, 3.05) is 56.2 Å². The fourth-order valence-electron chi connectivity index (χ4n) is 3.14. The number of carbonyl (C=O) groups excluding carboxylic acids is 2. The molecular formula is C19H24FN5O5S. The first-order chi connectivity index (χ1) is 14.9. The lowest BCUT2D eigenvalue weighted by Crippen LogP contribution is -2.40. The van der Waals surface area contributed by atoms with Crippen molar-refractivity contribution in [3.8, 4) is 0 Å². The van der Waals surface area contributed by atoms with Crippen molar-refractivity contribution in [2.24, 2.45) is 5.10 Å². The lowest BCUT2D eigenvalue weighted by Gasteiger charge is -2.29. The Morgan fingerprint density at radius 2 is 2.23 bits per heavy atom. The van der Waals surface area contributed by atoms with Gasteiger partial charge in [-0.05, 0) is 37.3 Å². The number of hydrogen-bond donors (Lipinski definition) is 1. The van der Waals surface area contributed by atoms with Crippen LogP contribution >= 0.6 is 12.2 Å². The number of cyclic esters (lactones) is 1. The predicted octanol–water partition coefficient (Wildman–Crippen LogP) is 1.30. The van der Waals surface area contributed by atoms with Gasteiger partial charge >= 0.3 is 12.1 Å². The standard InChI is InChI=1S/C19H24FN5O5S/c1-3-29-17(26)11-24-7-6-23(12-22-24)16-5-4-13(8-15(16)20)25-10-14(30-19(25)27)9-21-18(31)28-2/h4-5,8,12,14H,3,6-7,9-11H2,1-2H3,(H,21,31). The second-order valence-electron chi connectivity index (χ2n) is 6.74. The lowest BCUT2D eigenvalue weighted by atomic mass is 10.2. The highest BCUT2D eigenvalue weighted by molar-refractivity contribution is 7.80. The maximum Gasteiger partial charge on any atom is 0.414 e. The smallest absolute Gasteiger partial charge is 0.414 e. The summed E-state index contributed by atoms with van der Waals surface area (Å²) in [6.45, 7) is 3.52. The summed E-state index contributed by atoms with van der Waals surface area (Å²) in [7, 11) is 1.44. The highest BCUT2D eigenvalue weighted by atomic mass is 32.1. The van der Waals surface area contributed by atoms with E-state index >= 15 is 0 Å². The minimum atomic E-state index is -0.559. The van der Waals surface area contributed by atoms with E-state index in [1.54, 1.807) is 29.0 Å². The molecule has 0 spiro atoms. The molecule has 1 saturated heterocycles. The first-order valence-electron chi connectivity index (χ1n) is 9.72. The number of nitrogens with zero attached hydrogens (tertiary/aromatic N) is 4. The van der Waals surface area contributed by atoms with E-state index in [0.29, 0.717) is 37.6 Å². The number of carbonyl (C=O) groups is 2. The fourth-order valence-corrected chi connectivity index (χ4v) is 3.22. The van der Waals surface area contributed by atoms with Gasteiger partial charge in [-0.2, -0.15) is 5.10 Å². The monoisotopic (exact) mass is 453 g/mol. The van der Waals surface area contributed by atoms with Crippen LogP contribution in [0.25, 0.3) is 0 Å². The van der Waals surface area contributed by atoms with Gasteiger partial charge < -0.3 is 24.4 Å². The maximum atomic E-state index is 14.8. The van der Waals surface area contributed by atoms with E-state index in [0.717, 1.165) is 0 Å². The van der Waals surface area contributed by atoms with Crippen molar-refractivity contribution >= 4 is 47.2 Å². The summed E-state index contributed by atoms with van der Waals surface area (Å²) < 4.78 is 29.8. The van der Waals surface area contributed by atoms with Crippen LogP contribution in [0, 0.1) is 5.82 Å². The molecule has 2 heterocycles. The number of hydrogen-bond acceptors (Lipinski definition) is 9. The van der Waals surface area contributed by atoms with Crippen LogP contribution in [-0.4, -0.2) is 81.1 Å². The van der Waals surface area contributed by atoms with Gasteiger partial charge in [0.2, 0.25) is 0 Å². The van der Waals surface area contributed by atoms with Gasteiger partial charge in [-0.3, -0.25) is 14.7 Å². The molecule has 1 fully saturated rings. The molecule has 0 radical (unpaired) electrons. The summed E-state index contributed by atoms with van der Waals surface area (Å²) in [5.41, 5.74) is 0.709. The number of methoxy groups -OCH3 is 1. The van der Waals surface area contributed by atoms with Crippen molar-refractivity contribution in [3.63, 3.8) is 0 Å². The lowest BCUT2D eigenvalue weighted by molar-refractivity contribution is -0.144. The normalized spacial score (nSPS) is 18.1. The van der Waals surface area contributed by atoms with Crippen LogP contribution in [0.5, 0.6) is 0 Å². The third-order valence-corrected chi connectivity index (χ3v) is 4.97. The number of rotatable bonds is 7. The predicted molar refractivity (Wildman–Crippen MR) is 116 cm³/mol. The van der Waals surface area contributed by atoms with Gasteiger partial charge in [-0.25, -0.2) is 9.18 Å². The van der Waals surface area contributed by atoms with Crippen molar-refractivity contribution in [1.82, 2.24) is 10.3 Å². The Kier molecular flexibility index (Phi) is 7.45. The van der Waals surface area contributed by atoms with Crippen LogP contribution in [-0.2, 0) is 19.0 Å². The van der Waals surface area contributed by atoms with E-state index in [2.05, 4.69) is 10.4 Å². The maximum absolute atomic E-state index is 14.8. The quantitative estimate of drug-likeness (QED) is 0.484.